The molecule has 0 amide bonds. The van der Waals surface area contributed by atoms with Crippen LogP contribution in [0.3, 0.4) is 0 Å². The van der Waals surface area contributed by atoms with Gasteiger partial charge in [0.05, 0.1) is 0 Å². The van der Waals surface area contributed by atoms with Gasteiger partial charge in [0, 0.05) is 6.61 Å². The van der Waals surface area contributed by atoms with Crippen LogP contribution >= 0.6 is 0 Å². The lowest BCUT2D eigenvalue weighted by molar-refractivity contribution is 0.0273. The predicted molar refractivity (Wildman–Crippen MR) is 68.1 cm³/mol. The van der Waals surface area contributed by atoms with E-state index in [9.17, 15) is 5.11 Å². The van der Waals surface area contributed by atoms with Crippen LogP contribution in [0.1, 0.15) is 46.5 Å². The van der Waals surface area contributed by atoms with E-state index in [4.69, 9.17) is 0 Å². The van der Waals surface area contributed by atoms with Crippen LogP contribution in [0.2, 0.25) is 0 Å². The Morgan fingerprint density at radius 3 is 2.69 bits per heavy atom. The highest BCUT2D eigenvalue weighted by Crippen LogP contribution is 2.48. The van der Waals surface area contributed by atoms with Crippen molar-refractivity contribution in [2.75, 3.05) is 6.61 Å². The molecule has 0 heterocycles. The second-order valence-electron chi connectivity index (χ2n) is 6.25. The van der Waals surface area contributed by atoms with Crippen LogP contribution in [0.25, 0.3) is 0 Å². The molecule has 92 valence electrons. The van der Waals surface area contributed by atoms with Gasteiger partial charge in [-0.05, 0) is 62.2 Å². The lowest BCUT2D eigenvalue weighted by atomic mass is 9.59. The molecule has 2 rings (SSSR count). The Morgan fingerprint density at radius 2 is 2.06 bits per heavy atom. The summed E-state index contributed by atoms with van der Waals surface area (Å²) in [7, 11) is 0. The zero-order valence-corrected chi connectivity index (χ0v) is 10.9. The van der Waals surface area contributed by atoms with Crippen molar-refractivity contribution in [3.8, 4) is 0 Å². The van der Waals surface area contributed by atoms with E-state index in [1.54, 1.807) is 5.57 Å². The fourth-order valence-electron chi connectivity index (χ4n) is 4.02. The lowest BCUT2D eigenvalue weighted by Crippen LogP contribution is -2.39. The Kier molecular flexibility index (Phi) is 3.73. The van der Waals surface area contributed by atoms with Crippen LogP contribution in [0.15, 0.2) is 11.6 Å². The van der Waals surface area contributed by atoms with E-state index >= 15 is 0 Å². The summed E-state index contributed by atoms with van der Waals surface area (Å²) in [4.78, 5) is 0. The van der Waals surface area contributed by atoms with Gasteiger partial charge in [-0.2, -0.15) is 0 Å². The summed E-state index contributed by atoms with van der Waals surface area (Å²) >= 11 is 0. The number of allylic oxidation sites excluding steroid dienone is 2. The molecule has 0 radical (unpaired) electrons. The van der Waals surface area contributed by atoms with Gasteiger partial charge in [0.25, 0.3) is 0 Å². The zero-order chi connectivity index (χ0) is 11.7. The van der Waals surface area contributed by atoms with Crippen molar-refractivity contribution in [2.45, 2.75) is 46.5 Å². The molecular formula is C15H26O. The Hall–Kier alpha value is -0.300. The van der Waals surface area contributed by atoms with Gasteiger partial charge < -0.3 is 5.11 Å². The van der Waals surface area contributed by atoms with Gasteiger partial charge in [-0.3, -0.25) is 0 Å². The number of aliphatic hydroxyl groups is 1. The van der Waals surface area contributed by atoms with E-state index in [1.807, 2.05) is 0 Å². The number of hydrogen-bond acceptors (Lipinski definition) is 1. The van der Waals surface area contributed by atoms with Crippen LogP contribution in [-0.2, 0) is 0 Å². The molecule has 0 aliphatic heterocycles. The fraction of sp³-hybridized carbons (Fsp3) is 0.867. The van der Waals surface area contributed by atoms with E-state index in [0.29, 0.717) is 12.5 Å². The van der Waals surface area contributed by atoms with E-state index in [1.165, 1.54) is 25.7 Å². The first-order valence-electron chi connectivity index (χ1n) is 6.90. The molecule has 4 atom stereocenters. The van der Waals surface area contributed by atoms with Crippen LogP contribution < -0.4 is 0 Å². The monoisotopic (exact) mass is 222 g/mol. The maximum absolute atomic E-state index is 9.50. The van der Waals surface area contributed by atoms with Crippen LogP contribution in [0, 0.1) is 29.6 Å². The number of hydrogen-bond donors (Lipinski definition) is 1. The smallest absolute Gasteiger partial charge is 0.0462 e. The standard InChI is InChI=1S/C15H26O/c1-10(2)13-7-5-12(9-16)14-6-4-11(3)8-15(13)14/h4,10,12-16H,5-9H2,1-3H3/t12-,13+,14+,15+/m1/s1. The average molecular weight is 222 g/mol. The molecule has 1 heteroatoms. The van der Waals surface area contributed by atoms with Crippen molar-refractivity contribution in [1.29, 1.82) is 0 Å². The van der Waals surface area contributed by atoms with Crippen molar-refractivity contribution in [3.63, 3.8) is 0 Å². The maximum Gasteiger partial charge on any atom is 0.0462 e. The minimum atomic E-state index is 0.402. The third-order valence-corrected chi connectivity index (χ3v) is 4.96. The summed E-state index contributed by atoms with van der Waals surface area (Å²) in [6.45, 7) is 7.42. The van der Waals surface area contributed by atoms with Crippen LogP contribution in [-0.4, -0.2) is 11.7 Å². The van der Waals surface area contributed by atoms with Gasteiger partial charge in [-0.25, -0.2) is 0 Å². The highest BCUT2D eigenvalue weighted by Gasteiger charge is 2.40. The fourth-order valence-corrected chi connectivity index (χ4v) is 4.02. The first kappa shape index (κ1) is 12.2. The number of aliphatic hydroxyl groups excluding tert-OH is 1. The molecule has 1 fully saturated rings. The SMILES string of the molecule is CC1=CC[C@H]2[C@@H](CO)CC[C@@H](C(C)C)[C@@H]2C1. The van der Waals surface area contributed by atoms with Gasteiger partial charge in [-0.1, -0.05) is 25.5 Å². The third-order valence-electron chi connectivity index (χ3n) is 4.96. The number of fused-ring (bicyclic) bond motifs is 1. The minimum Gasteiger partial charge on any atom is -0.396 e. The third kappa shape index (κ3) is 2.20. The van der Waals surface area contributed by atoms with Gasteiger partial charge in [0.1, 0.15) is 0 Å². The molecule has 2 aliphatic rings. The van der Waals surface area contributed by atoms with Crippen molar-refractivity contribution < 1.29 is 5.11 Å². The molecule has 0 bridgehead atoms. The molecule has 1 nitrogen and oxygen atoms in total. The summed E-state index contributed by atoms with van der Waals surface area (Å²) in [6.07, 6.45) is 7.48. The highest BCUT2D eigenvalue weighted by atomic mass is 16.3. The molecule has 2 aliphatic carbocycles. The predicted octanol–water partition coefficient (Wildman–Crippen LogP) is 3.63. The van der Waals surface area contributed by atoms with Crippen molar-refractivity contribution in [2.24, 2.45) is 29.6 Å². The average Bonchev–Trinajstić information content (AvgIpc) is 2.26. The van der Waals surface area contributed by atoms with E-state index in [-0.39, 0.29) is 0 Å². The Labute approximate surface area is 99.9 Å². The summed E-state index contributed by atoms with van der Waals surface area (Å²) in [5.74, 6) is 3.87. The molecule has 0 unspecified atom stereocenters. The Morgan fingerprint density at radius 1 is 1.31 bits per heavy atom. The largest absolute Gasteiger partial charge is 0.396 e. The van der Waals surface area contributed by atoms with Gasteiger partial charge in [0.15, 0.2) is 0 Å². The van der Waals surface area contributed by atoms with Gasteiger partial charge in [-0.15, -0.1) is 0 Å². The molecule has 0 spiro atoms. The molecule has 0 aromatic rings. The molecule has 0 aromatic carbocycles. The summed E-state index contributed by atoms with van der Waals surface area (Å²) in [5, 5.41) is 9.50. The zero-order valence-electron chi connectivity index (χ0n) is 10.9. The second kappa shape index (κ2) is 4.91. The molecule has 0 saturated heterocycles. The molecule has 1 saturated carbocycles. The number of rotatable bonds is 2. The lowest BCUT2D eigenvalue weighted by Gasteiger charge is -2.46. The Bertz CT molecular complexity index is 267. The quantitative estimate of drug-likeness (QED) is 0.707. The Balaban J connectivity index is 2.17. The summed E-state index contributed by atoms with van der Waals surface area (Å²) in [5.41, 5.74) is 1.57. The minimum absolute atomic E-state index is 0.402. The van der Waals surface area contributed by atoms with E-state index < -0.39 is 0 Å². The first-order chi connectivity index (χ1) is 7.63. The van der Waals surface area contributed by atoms with Crippen molar-refractivity contribution in [1.82, 2.24) is 0 Å². The van der Waals surface area contributed by atoms with Gasteiger partial charge >= 0.3 is 0 Å². The normalized spacial score (nSPS) is 39.4. The molecule has 1 N–H and O–H groups in total. The van der Waals surface area contributed by atoms with Crippen molar-refractivity contribution >= 4 is 0 Å². The topological polar surface area (TPSA) is 20.2 Å². The summed E-state index contributed by atoms with van der Waals surface area (Å²) < 4.78 is 0. The van der Waals surface area contributed by atoms with Crippen LogP contribution in [0.4, 0.5) is 0 Å². The molecule has 16 heavy (non-hydrogen) atoms. The van der Waals surface area contributed by atoms with Gasteiger partial charge in [0.2, 0.25) is 0 Å². The van der Waals surface area contributed by atoms with Crippen molar-refractivity contribution in [3.05, 3.63) is 11.6 Å². The second-order valence-corrected chi connectivity index (χ2v) is 6.25. The van der Waals surface area contributed by atoms with E-state index in [0.717, 1.165) is 23.7 Å². The van der Waals surface area contributed by atoms with Crippen LogP contribution in [0.5, 0.6) is 0 Å². The molecule has 0 aromatic heterocycles. The first-order valence-corrected chi connectivity index (χ1v) is 6.90. The highest BCUT2D eigenvalue weighted by molar-refractivity contribution is 5.09. The van der Waals surface area contributed by atoms with E-state index in [2.05, 4.69) is 26.8 Å². The maximum atomic E-state index is 9.50. The molecular weight excluding hydrogens is 196 g/mol. The summed E-state index contributed by atoms with van der Waals surface area (Å²) in [6, 6.07) is 0.